The Morgan fingerprint density at radius 1 is 1.29 bits per heavy atom. The largest absolute Gasteiger partial charge is 0.341 e. The van der Waals surface area contributed by atoms with Gasteiger partial charge in [-0.3, -0.25) is 4.79 Å². The summed E-state index contributed by atoms with van der Waals surface area (Å²) in [4.78, 5) is 14.2. The molecule has 0 aromatic heterocycles. The van der Waals surface area contributed by atoms with E-state index in [1.807, 2.05) is 11.9 Å². The Balaban J connectivity index is 0.00000220. The first-order chi connectivity index (χ1) is 9.49. The van der Waals surface area contributed by atoms with E-state index in [9.17, 15) is 4.79 Å². The minimum absolute atomic E-state index is 0. The molecule has 0 radical (unpaired) electrons. The van der Waals surface area contributed by atoms with Crippen molar-refractivity contribution in [2.24, 2.45) is 11.7 Å². The highest BCUT2D eigenvalue weighted by molar-refractivity contribution is 5.85. The molecule has 4 heteroatoms. The number of nitrogens with zero attached hydrogens (tertiary/aromatic N) is 1. The smallest absolute Gasteiger partial charge is 0.227 e. The van der Waals surface area contributed by atoms with E-state index in [1.54, 1.807) is 0 Å². The van der Waals surface area contributed by atoms with Crippen LogP contribution >= 0.6 is 12.4 Å². The molecule has 1 saturated carbocycles. The zero-order valence-corrected chi connectivity index (χ0v) is 14.0. The van der Waals surface area contributed by atoms with Crippen LogP contribution in [0.5, 0.6) is 0 Å². The fraction of sp³-hybridized carbons (Fsp3) is 0.588. The highest BCUT2D eigenvalue weighted by atomic mass is 35.5. The number of hydrogen-bond donors (Lipinski definition) is 1. The van der Waals surface area contributed by atoms with E-state index >= 15 is 0 Å². The summed E-state index contributed by atoms with van der Waals surface area (Å²) >= 11 is 0. The molecule has 2 unspecified atom stereocenters. The zero-order valence-electron chi connectivity index (χ0n) is 13.2. The molecule has 0 saturated heterocycles. The lowest BCUT2D eigenvalue weighted by Gasteiger charge is -2.23. The molecule has 1 aliphatic carbocycles. The third kappa shape index (κ3) is 4.45. The fourth-order valence-electron chi connectivity index (χ4n) is 2.94. The van der Waals surface area contributed by atoms with E-state index in [4.69, 9.17) is 5.73 Å². The second-order valence-electron chi connectivity index (χ2n) is 6.29. The van der Waals surface area contributed by atoms with Crippen LogP contribution in [0.3, 0.4) is 0 Å². The molecule has 3 nitrogen and oxygen atoms in total. The van der Waals surface area contributed by atoms with Gasteiger partial charge in [-0.25, -0.2) is 0 Å². The molecular weight excluding hydrogens is 284 g/mol. The van der Waals surface area contributed by atoms with Crippen LogP contribution in [-0.2, 0) is 11.3 Å². The van der Waals surface area contributed by atoms with Crippen molar-refractivity contribution in [2.45, 2.75) is 51.6 Å². The van der Waals surface area contributed by atoms with Crippen LogP contribution in [0.25, 0.3) is 0 Å². The Morgan fingerprint density at radius 2 is 1.90 bits per heavy atom. The van der Waals surface area contributed by atoms with E-state index in [2.05, 4.69) is 38.1 Å². The van der Waals surface area contributed by atoms with E-state index in [1.165, 1.54) is 11.1 Å². The van der Waals surface area contributed by atoms with E-state index in [-0.39, 0.29) is 30.3 Å². The van der Waals surface area contributed by atoms with Crippen molar-refractivity contribution in [3.63, 3.8) is 0 Å². The summed E-state index contributed by atoms with van der Waals surface area (Å²) in [7, 11) is 1.88. The Labute approximate surface area is 134 Å². The molecule has 118 valence electrons. The van der Waals surface area contributed by atoms with E-state index in [0.717, 1.165) is 19.3 Å². The van der Waals surface area contributed by atoms with Crippen molar-refractivity contribution in [3.8, 4) is 0 Å². The molecule has 1 fully saturated rings. The van der Waals surface area contributed by atoms with Gasteiger partial charge in [-0.05, 0) is 29.9 Å². The maximum atomic E-state index is 12.4. The summed E-state index contributed by atoms with van der Waals surface area (Å²) in [5, 5.41) is 0. The van der Waals surface area contributed by atoms with Gasteiger partial charge in [-0.1, -0.05) is 44.5 Å². The molecule has 21 heavy (non-hydrogen) atoms. The van der Waals surface area contributed by atoms with Crippen LogP contribution in [0.2, 0.25) is 0 Å². The molecule has 2 atom stereocenters. The number of rotatable bonds is 4. The Morgan fingerprint density at radius 3 is 2.38 bits per heavy atom. The van der Waals surface area contributed by atoms with Gasteiger partial charge in [0.05, 0.1) is 5.92 Å². The van der Waals surface area contributed by atoms with Crippen LogP contribution in [-0.4, -0.2) is 23.9 Å². The fourth-order valence-corrected chi connectivity index (χ4v) is 2.94. The van der Waals surface area contributed by atoms with Gasteiger partial charge in [0.1, 0.15) is 0 Å². The van der Waals surface area contributed by atoms with Crippen LogP contribution in [0.15, 0.2) is 24.3 Å². The maximum Gasteiger partial charge on any atom is 0.227 e. The molecule has 1 aromatic rings. The average molecular weight is 311 g/mol. The summed E-state index contributed by atoms with van der Waals surface area (Å²) in [6, 6.07) is 8.59. The van der Waals surface area contributed by atoms with Gasteiger partial charge in [-0.15, -0.1) is 12.4 Å². The monoisotopic (exact) mass is 310 g/mol. The van der Waals surface area contributed by atoms with Crippen LogP contribution in [0, 0.1) is 5.92 Å². The number of hydrogen-bond acceptors (Lipinski definition) is 2. The van der Waals surface area contributed by atoms with Gasteiger partial charge in [0.15, 0.2) is 0 Å². The van der Waals surface area contributed by atoms with Crippen LogP contribution in [0.1, 0.15) is 50.2 Å². The molecule has 1 aromatic carbocycles. The van der Waals surface area contributed by atoms with Gasteiger partial charge >= 0.3 is 0 Å². The second kappa shape index (κ2) is 7.81. The lowest BCUT2D eigenvalue weighted by Crippen LogP contribution is -2.39. The minimum Gasteiger partial charge on any atom is -0.341 e. The van der Waals surface area contributed by atoms with Crippen molar-refractivity contribution in [3.05, 3.63) is 35.4 Å². The molecule has 0 aliphatic heterocycles. The molecule has 2 N–H and O–H groups in total. The lowest BCUT2D eigenvalue weighted by molar-refractivity contribution is -0.134. The average Bonchev–Trinajstić information content (AvgIpc) is 2.84. The first-order valence-corrected chi connectivity index (χ1v) is 7.58. The van der Waals surface area contributed by atoms with Crippen molar-refractivity contribution in [2.75, 3.05) is 7.05 Å². The quantitative estimate of drug-likeness (QED) is 0.927. The maximum absolute atomic E-state index is 12.4. The van der Waals surface area contributed by atoms with Gasteiger partial charge in [0.2, 0.25) is 5.91 Å². The second-order valence-corrected chi connectivity index (χ2v) is 6.29. The Kier molecular flexibility index (Phi) is 6.69. The number of nitrogens with two attached hydrogens (primary N) is 1. The standard InChI is InChI=1S/C17H26N2O.ClH/c1-12(2)14-9-7-13(8-10-14)11-19(3)17(20)15-5-4-6-16(15)18;/h7-10,12,15-16H,4-6,11,18H2,1-3H3;1H. The van der Waals surface area contributed by atoms with Crippen LogP contribution in [0.4, 0.5) is 0 Å². The first kappa shape index (κ1) is 18.0. The van der Waals surface area contributed by atoms with Gasteiger partial charge in [-0.2, -0.15) is 0 Å². The molecule has 1 amide bonds. The van der Waals surface area contributed by atoms with Gasteiger partial charge in [0.25, 0.3) is 0 Å². The third-order valence-electron chi connectivity index (χ3n) is 4.33. The SMILES string of the molecule is CC(C)c1ccc(CN(C)C(=O)C2CCCC2N)cc1.Cl. The third-order valence-corrected chi connectivity index (χ3v) is 4.33. The lowest BCUT2D eigenvalue weighted by atomic mass is 10.0. The number of benzene rings is 1. The molecule has 1 aliphatic rings. The molecular formula is C17H27ClN2O. The van der Waals surface area contributed by atoms with E-state index in [0.29, 0.717) is 12.5 Å². The zero-order chi connectivity index (χ0) is 14.7. The number of halogens is 1. The highest BCUT2D eigenvalue weighted by Gasteiger charge is 2.32. The van der Waals surface area contributed by atoms with Gasteiger partial charge in [0, 0.05) is 19.6 Å². The summed E-state index contributed by atoms with van der Waals surface area (Å²) in [5.74, 6) is 0.762. The summed E-state index contributed by atoms with van der Waals surface area (Å²) in [6.45, 7) is 5.04. The molecule has 0 heterocycles. The Hall–Kier alpha value is -1.06. The summed E-state index contributed by atoms with van der Waals surface area (Å²) in [5.41, 5.74) is 8.53. The summed E-state index contributed by atoms with van der Waals surface area (Å²) < 4.78 is 0. The van der Waals surface area contributed by atoms with Gasteiger partial charge < -0.3 is 10.6 Å². The van der Waals surface area contributed by atoms with E-state index < -0.39 is 0 Å². The molecule has 0 bridgehead atoms. The highest BCUT2D eigenvalue weighted by Crippen LogP contribution is 2.26. The molecule has 0 spiro atoms. The number of carbonyl (C=O) groups is 1. The van der Waals surface area contributed by atoms with Crippen molar-refractivity contribution >= 4 is 18.3 Å². The number of amides is 1. The predicted octanol–water partition coefficient (Wildman–Crippen LogP) is 3.32. The first-order valence-electron chi connectivity index (χ1n) is 7.58. The Bertz CT molecular complexity index is 458. The topological polar surface area (TPSA) is 46.3 Å². The summed E-state index contributed by atoms with van der Waals surface area (Å²) in [6.07, 6.45) is 3.00. The van der Waals surface area contributed by atoms with Crippen LogP contribution < -0.4 is 5.73 Å². The van der Waals surface area contributed by atoms with Crippen molar-refractivity contribution < 1.29 is 4.79 Å². The number of carbonyl (C=O) groups excluding carboxylic acids is 1. The minimum atomic E-state index is 0. The molecule has 2 rings (SSSR count). The predicted molar refractivity (Wildman–Crippen MR) is 89.6 cm³/mol. The van der Waals surface area contributed by atoms with Crippen molar-refractivity contribution in [1.82, 2.24) is 4.90 Å². The van der Waals surface area contributed by atoms with Crippen molar-refractivity contribution in [1.29, 1.82) is 0 Å². The normalized spacial score (nSPS) is 21.2.